The van der Waals surface area contributed by atoms with Crippen molar-refractivity contribution < 1.29 is 14.3 Å². The molecule has 1 aliphatic carbocycles. The smallest absolute Gasteiger partial charge is 0.255 e. The van der Waals surface area contributed by atoms with E-state index in [1.807, 2.05) is 35.2 Å². The summed E-state index contributed by atoms with van der Waals surface area (Å²) in [5.74, 6) is 0.0433. The van der Waals surface area contributed by atoms with Gasteiger partial charge in [0.05, 0.1) is 29.8 Å². The van der Waals surface area contributed by atoms with Crippen molar-refractivity contribution >= 4 is 16.8 Å². The summed E-state index contributed by atoms with van der Waals surface area (Å²) in [7, 11) is 1.70. The molecule has 4 rings (SSSR count). The first-order valence-electron chi connectivity index (χ1n) is 8.08. The fourth-order valence-electron chi connectivity index (χ4n) is 3.89. The van der Waals surface area contributed by atoms with Gasteiger partial charge in [-0.3, -0.25) is 9.78 Å². The van der Waals surface area contributed by atoms with Crippen LogP contribution in [0.3, 0.4) is 0 Å². The molecule has 5 heteroatoms. The molecule has 1 saturated heterocycles. The number of amides is 1. The van der Waals surface area contributed by atoms with Crippen molar-refractivity contribution in [1.29, 1.82) is 0 Å². The number of pyridine rings is 1. The van der Waals surface area contributed by atoms with Crippen molar-refractivity contribution in [2.45, 2.75) is 31.1 Å². The molecule has 2 fully saturated rings. The van der Waals surface area contributed by atoms with Crippen molar-refractivity contribution in [3.05, 3.63) is 42.1 Å². The minimum Gasteiger partial charge on any atom is -0.377 e. The van der Waals surface area contributed by atoms with Gasteiger partial charge in [-0.2, -0.15) is 0 Å². The number of carbonyl (C=O) groups is 1. The molecule has 1 amide bonds. The molecule has 3 atom stereocenters. The molecule has 2 aliphatic rings. The van der Waals surface area contributed by atoms with Crippen LogP contribution in [0.2, 0.25) is 0 Å². The van der Waals surface area contributed by atoms with Crippen LogP contribution in [0.4, 0.5) is 0 Å². The zero-order valence-electron chi connectivity index (χ0n) is 13.1. The second-order valence-corrected chi connectivity index (χ2v) is 6.13. The number of carbonyl (C=O) groups excluding carboxylic acids is 1. The number of para-hydroxylation sites is 1. The monoisotopic (exact) mass is 312 g/mol. The van der Waals surface area contributed by atoms with Crippen LogP contribution in [0, 0.1) is 0 Å². The predicted molar refractivity (Wildman–Crippen MR) is 86.3 cm³/mol. The van der Waals surface area contributed by atoms with Gasteiger partial charge in [0.1, 0.15) is 6.10 Å². The first-order chi connectivity index (χ1) is 11.3. The average Bonchev–Trinajstić information content (AvgIpc) is 2.89. The Morgan fingerprint density at radius 2 is 2.17 bits per heavy atom. The van der Waals surface area contributed by atoms with Gasteiger partial charge in [-0.15, -0.1) is 0 Å². The van der Waals surface area contributed by atoms with Gasteiger partial charge in [-0.25, -0.2) is 0 Å². The number of hydrogen-bond donors (Lipinski definition) is 0. The molecule has 120 valence electrons. The molecule has 2 aromatic rings. The molecule has 0 radical (unpaired) electrons. The van der Waals surface area contributed by atoms with Crippen LogP contribution in [0.1, 0.15) is 23.2 Å². The van der Waals surface area contributed by atoms with Gasteiger partial charge in [0, 0.05) is 25.2 Å². The number of methoxy groups -OCH3 is 1. The molecular weight excluding hydrogens is 292 g/mol. The molecule has 1 saturated carbocycles. The summed E-state index contributed by atoms with van der Waals surface area (Å²) in [6.07, 6.45) is 3.66. The average molecular weight is 312 g/mol. The normalized spacial score (nSPS) is 27.2. The summed E-state index contributed by atoms with van der Waals surface area (Å²) >= 11 is 0. The fourth-order valence-corrected chi connectivity index (χ4v) is 3.89. The quantitative estimate of drug-likeness (QED) is 0.853. The number of ether oxygens (including phenoxy) is 2. The van der Waals surface area contributed by atoms with E-state index < -0.39 is 0 Å². The third kappa shape index (κ3) is 2.40. The number of aromatic nitrogens is 1. The zero-order chi connectivity index (χ0) is 15.8. The highest BCUT2D eigenvalue weighted by Gasteiger charge is 2.44. The highest BCUT2D eigenvalue weighted by molar-refractivity contribution is 6.06. The van der Waals surface area contributed by atoms with E-state index in [2.05, 4.69) is 4.98 Å². The van der Waals surface area contributed by atoms with E-state index in [0.717, 1.165) is 23.7 Å². The minimum absolute atomic E-state index is 0.0328. The zero-order valence-corrected chi connectivity index (χ0v) is 13.1. The van der Waals surface area contributed by atoms with E-state index in [-0.39, 0.29) is 24.2 Å². The summed E-state index contributed by atoms with van der Waals surface area (Å²) in [4.78, 5) is 19.5. The van der Waals surface area contributed by atoms with Gasteiger partial charge in [0.25, 0.3) is 5.91 Å². The SMILES string of the molecule is COC1C2CCC1N(C(=O)c1ccnc3ccccc13)CCO2. The van der Waals surface area contributed by atoms with Crippen molar-refractivity contribution in [2.75, 3.05) is 20.3 Å². The Labute approximate surface area is 135 Å². The van der Waals surface area contributed by atoms with E-state index in [9.17, 15) is 4.79 Å². The number of benzene rings is 1. The van der Waals surface area contributed by atoms with Crippen LogP contribution in [0.25, 0.3) is 10.9 Å². The molecule has 1 aliphatic heterocycles. The van der Waals surface area contributed by atoms with Crippen LogP contribution in [-0.4, -0.2) is 54.3 Å². The molecule has 23 heavy (non-hydrogen) atoms. The molecule has 2 heterocycles. The van der Waals surface area contributed by atoms with E-state index in [4.69, 9.17) is 9.47 Å². The largest absolute Gasteiger partial charge is 0.377 e. The van der Waals surface area contributed by atoms with Gasteiger partial charge in [-0.05, 0) is 25.0 Å². The minimum atomic E-state index is -0.0328. The fraction of sp³-hybridized carbons (Fsp3) is 0.444. The Hall–Kier alpha value is -1.98. The summed E-state index contributed by atoms with van der Waals surface area (Å²) in [5.41, 5.74) is 1.55. The van der Waals surface area contributed by atoms with E-state index in [1.54, 1.807) is 13.3 Å². The number of nitrogens with zero attached hydrogens (tertiary/aromatic N) is 2. The number of fused-ring (bicyclic) bond motifs is 3. The highest BCUT2D eigenvalue weighted by atomic mass is 16.5. The van der Waals surface area contributed by atoms with Gasteiger partial charge >= 0.3 is 0 Å². The lowest BCUT2D eigenvalue weighted by atomic mass is 10.1. The molecule has 5 nitrogen and oxygen atoms in total. The predicted octanol–water partition coefficient (Wildman–Crippen LogP) is 2.25. The van der Waals surface area contributed by atoms with E-state index >= 15 is 0 Å². The summed E-state index contributed by atoms with van der Waals surface area (Å²) < 4.78 is 11.5. The number of hydrogen-bond acceptors (Lipinski definition) is 4. The molecule has 0 spiro atoms. The molecule has 1 aromatic carbocycles. The third-order valence-electron chi connectivity index (χ3n) is 4.97. The summed E-state index contributed by atoms with van der Waals surface area (Å²) in [6, 6.07) is 9.66. The second kappa shape index (κ2) is 5.91. The van der Waals surface area contributed by atoms with Gasteiger partial charge in [0.2, 0.25) is 0 Å². The standard InChI is InChI=1S/C18H20N2O3/c1-22-17-15-6-7-16(17)23-11-10-20(15)18(21)13-8-9-19-14-5-3-2-4-12(13)14/h2-5,8-9,15-17H,6-7,10-11H2,1H3. The molecule has 1 aromatic heterocycles. The molecule has 3 unspecified atom stereocenters. The van der Waals surface area contributed by atoms with Crippen LogP contribution in [0.5, 0.6) is 0 Å². The lowest BCUT2D eigenvalue weighted by Gasteiger charge is -2.31. The van der Waals surface area contributed by atoms with Crippen molar-refractivity contribution in [3.63, 3.8) is 0 Å². The van der Waals surface area contributed by atoms with Crippen LogP contribution in [-0.2, 0) is 9.47 Å². The maximum absolute atomic E-state index is 13.2. The second-order valence-electron chi connectivity index (χ2n) is 6.13. The van der Waals surface area contributed by atoms with Gasteiger partial charge < -0.3 is 14.4 Å². The topological polar surface area (TPSA) is 51.7 Å². The van der Waals surface area contributed by atoms with Crippen molar-refractivity contribution in [2.24, 2.45) is 0 Å². The Bertz CT molecular complexity index is 728. The van der Waals surface area contributed by atoms with E-state index in [1.165, 1.54) is 0 Å². The highest BCUT2D eigenvalue weighted by Crippen LogP contribution is 2.33. The Balaban J connectivity index is 1.72. The molecule has 0 N–H and O–H groups in total. The summed E-state index contributed by atoms with van der Waals surface area (Å²) in [6.45, 7) is 1.17. The lowest BCUT2D eigenvalue weighted by Crippen LogP contribution is -2.46. The number of rotatable bonds is 2. The van der Waals surface area contributed by atoms with Crippen molar-refractivity contribution in [3.8, 4) is 0 Å². The first-order valence-corrected chi connectivity index (χ1v) is 8.08. The Morgan fingerprint density at radius 1 is 1.30 bits per heavy atom. The lowest BCUT2D eigenvalue weighted by molar-refractivity contribution is -0.0316. The maximum atomic E-state index is 13.2. The molecular formula is C18H20N2O3. The third-order valence-corrected chi connectivity index (χ3v) is 4.97. The van der Waals surface area contributed by atoms with E-state index in [0.29, 0.717) is 18.7 Å². The Morgan fingerprint density at radius 3 is 3.04 bits per heavy atom. The Kier molecular flexibility index (Phi) is 3.75. The van der Waals surface area contributed by atoms with Crippen molar-refractivity contribution in [1.82, 2.24) is 9.88 Å². The van der Waals surface area contributed by atoms with Crippen LogP contribution < -0.4 is 0 Å². The van der Waals surface area contributed by atoms with Crippen LogP contribution >= 0.6 is 0 Å². The maximum Gasteiger partial charge on any atom is 0.255 e. The summed E-state index contributed by atoms with van der Waals surface area (Å²) in [5, 5.41) is 0.897. The van der Waals surface area contributed by atoms with Gasteiger partial charge in [0.15, 0.2) is 0 Å². The van der Waals surface area contributed by atoms with Gasteiger partial charge in [-0.1, -0.05) is 18.2 Å². The molecule has 2 bridgehead atoms. The first kappa shape index (κ1) is 14.6. The van der Waals surface area contributed by atoms with Crippen LogP contribution in [0.15, 0.2) is 36.5 Å².